The van der Waals surface area contributed by atoms with Crippen LogP contribution in [-0.2, 0) is 0 Å². The summed E-state index contributed by atoms with van der Waals surface area (Å²) in [6.45, 7) is 5.53. The van der Waals surface area contributed by atoms with Gasteiger partial charge in [-0.1, -0.05) is 6.92 Å². The Bertz CT molecular complexity index is 549. The Morgan fingerprint density at radius 1 is 1.44 bits per heavy atom. The van der Waals surface area contributed by atoms with Gasteiger partial charge >= 0.3 is 0 Å². The second kappa shape index (κ2) is 4.24. The highest BCUT2D eigenvalue weighted by molar-refractivity contribution is 5.48. The first kappa shape index (κ1) is 11.5. The van der Waals surface area contributed by atoms with Crippen LogP contribution < -0.4 is 10.2 Å². The second-order valence-electron chi connectivity index (χ2n) is 5.43. The minimum Gasteiger partial charge on any atom is -0.356 e. The zero-order chi connectivity index (χ0) is 12.6. The summed E-state index contributed by atoms with van der Waals surface area (Å²) in [7, 11) is 2.02. The molecule has 1 fully saturated rings. The molecule has 1 N–H and O–H groups in total. The van der Waals surface area contributed by atoms with E-state index in [1.54, 1.807) is 10.7 Å². The van der Waals surface area contributed by atoms with E-state index in [9.17, 15) is 0 Å². The lowest BCUT2D eigenvalue weighted by Gasteiger charge is -2.24. The molecule has 3 heterocycles. The maximum atomic E-state index is 4.65. The quantitative estimate of drug-likeness (QED) is 0.881. The van der Waals surface area contributed by atoms with Crippen molar-refractivity contribution in [1.29, 1.82) is 0 Å². The first-order valence-electron chi connectivity index (χ1n) is 6.40. The number of nitrogens with one attached hydrogen (secondary N) is 1. The maximum Gasteiger partial charge on any atom is 0.157 e. The molecule has 2 aromatic rings. The third kappa shape index (κ3) is 1.95. The van der Waals surface area contributed by atoms with Crippen LogP contribution in [0.3, 0.4) is 0 Å². The van der Waals surface area contributed by atoms with Crippen LogP contribution in [0.25, 0.3) is 5.65 Å². The van der Waals surface area contributed by atoms with Crippen LogP contribution in [0.5, 0.6) is 0 Å². The minimum absolute atomic E-state index is 0.350. The Balaban J connectivity index is 1.83. The molecule has 1 aliphatic heterocycles. The number of nitrogens with zero attached hydrogens (tertiary/aromatic N) is 4. The van der Waals surface area contributed by atoms with E-state index < -0.39 is 0 Å². The molecule has 5 heteroatoms. The minimum atomic E-state index is 0.350. The Morgan fingerprint density at radius 3 is 3.17 bits per heavy atom. The molecule has 18 heavy (non-hydrogen) atoms. The summed E-state index contributed by atoms with van der Waals surface area (Å²) in [6.07, 6.45) is 4.96. The molecule has 3 rings (SSSR count). The van der Waals surface area contributed by atoms with Gasteiger partial charge in [0.15, 0.2) is 5.65 Å². The first-order chi connectivity index (χ1) is 8.70. The van der Waals surface area contributed by atoms with Gasteiger partial charge in [-0.25, -0.2) is 9.50 Å². The van der Waals surface area contributed by atoms with Crippen molar-refractivity contribution in [3.05, 3.63) is 24.5 Å². The normalized spacial score (nSPS) is 24.0. The Hall–Kier alpha value is -1.62. The lowest BCUT2D eigenvalue weighted by atomic mass is 9.90. The third-order valence-corrected chi connectivity index (χ3v) is 3.73. The fourth-order valence-corrected chi connectivity index (χ4v) is 2.77. The summed E-state index contributed by atoms with van der Waals surface area (Å²) < 4.78 is 1.80. The van der Waals surface area contributed by atoms with Crippen molar-refractivity contribution >= 4 is 11.5 Å². The van der Waals surface area contributed by atoms with Crippen molar-refractivity contribution < 1.29 is 0 Å². The molecule has 0 aromatic carbocycles. The van der Waals surface area contributed by atoms with Crippen LogP contribution in [0.2, 0.25) is 0 Å². The standard InChI is InChI=1S/C13H19N5/c1-13(9-14-2)5-8-17(10-13)11-4-7-18-12(16-11)3-6-15-18/h3-4,6-7,14H,5,8-10H2,1-2H3. The van der Waals surface area contributed by atoms with Crippen molar-refractivity contribution in [2.75, 3.05) is 31.6 Å². The summed E-state index contributed by atoms with van der Waals surface area (Å²) in [6, 6.07) is 3.98. The number of fused-ring (bicyclic) bond motifs is 1. The van der Waals surface area contributed by atoms with Crippen LogP contribution in [-0.4, -0.2) is 41.3 Å². The van der Waals surface area contributed by atoms with Crippen molar-refractivity contribution in [2.45, 2.75) is 13.3 Å². The van der Waals surface area contributed by atoms with Gasteiger partial charge < -0.3 is 10.2 Å². The molecule has 1 aliphatic rings. The van der Waals surface area contributed by atoms with Crippen molar-refractivity contribution in [2.24, 2.45) is 5.41 Å². The van der Waals surface area contributed by atoms with Crippen LogP contribution in [0.4, 0.5) is 5.82 Å². The molecular formula is C13H19N5. The van der Waals surface area contributed by atoms with Gasteiger partial charge in [0.2, 0.25) is 0 Å². The summed E-state index contributed by atoms with van der Waals surface area (Å²) in [5, 5.41) is 7.46. The number of hydrogen-bond donors (Lipinski definition) is 1. The van der Waals surface area contributed by atoms with E-state index in [2.05, 4.69) is 27.2 Å². The first-order valence-corrected chi connectivity index (χ1v) is 6.40. The van der Waals surface area contributed by atoms with Gasteiger partial charge in [-0.05, 0) is 24.9 Å². The van der Waals surface area contributed by atoms with E-state index in [0.717, 1.165) is 31.1 Å². The molecule has 1 atom stereocenters. The van der Waals surface area contributed by atoms with E-state index >= 15 is 0 Å². The average molecular weight is 245 g/mol. The highest BCUT2D eigenvalue weighted by Crippen LogP contribution is 2.31. The smallest absolute Gasteiger partial charge is 0.157 e. The molecule has 0 spiro atoms. The van der Waals surface area contributed by atoms with E-state index in [0.29, 0.717) is 5.41 Å². The highest BCUT2D eigenvalue weighted by atomic mass is 15.3. The van der Waals surface area contributed by atoms with E-state index in [4.69, 9.17) is 0 Å². The fraction of sp³-hybridized carbons (Fsp3) is 0.538. The van der Waals surface area contributed by atoms with Gasteiger partial charge in [0.1, 0.15) is 5.82 Å². The monoisotopic (exact) mass is 245 g/mol. The maximum absolute atomic E-state index is 4.65. The lowest BCUT2D eigenvalue weighted by Crippen LogP contribution is -2.33. The second-order valence-corrected chi connectivity index (χ2v) is 5.43. The van der Waals surface area contributed by atoms with Gasteiger partial charge in [0.25, 0.3) is 0 Å². The third-order valence-electron chi connectivity index (χ3n) is 3.73. The SMILES string of the molecule is CNCC1(C)CCN(c2ccn3nccc3n2)C1. The Labute approximate surface area is 107 Å². The van der Waals surface area contributed by atoms with Crippen molar-refractivity contribution in [1.82, 2.24) is 19.9 Å². The predicted octanol–water partition coefficient (Wildman–Crippen LogP) is 1.17. The van der Waals surface area contributed by atoms with Gasteiger partial charge in [-0.2, -0.15) is 5.10 Å². The van der Waals surface area contributed by atoms with Gasteiger partial charge in [-0.3, -0.25) is 0 Å². The molecule has 2 aromatic heterocycles. The lowest BCUT2D eigenvalue weighted by molar-refractivity contribution is 0.356. The molecule has 0 aliphatic carbocycles. The molecule has 5 nitrogen and oxygen atoms in total. The van der Waals surface area contributed by atoms with Crippen LogP contribution >= 0.6 is 0 Å². The summed E-state index contributed by atoms with van der Waals surface area (Å²) in [4.78, 5) is 7.01. The fourth-order valence-electron chi connectivity index (χ4n) is 2.77. The zero-order valence-corrected chi connectivity index (χ0v) is 10.9. The molecule has 1 unspecified atom stereocenters. The largest absolute Gasteiger partial charge is 0.356 e. The van der Waals surface area contributed by atoms with Crippen LogP contribution in [0.1, 0.15) is 13.3 Å². The van der Waals surface area contributed by atoms with E-state index in [1.807, 2.05) is 25.4 Å². The Morgan fingerprint density at radius 2 is 2.33 bits per heavy atom. The van der Waals surface area contributed by atoms with Gasteiger partial charge in [0.05, 0.1) is 6.20 Å². The molecule has 0 bridgehead atoms. The van der Waals surface area contributed by atoms with Crippen LogP contribution in [0, 0.1) is 5.41 Å². The summed E-state index contributed by atoms with van der Waals surface area (Å²) >= 11 is 0. The summed E-state index contributed by atoms with van der Waals surface area (Å²) in [5.74, 6) is 1.06. The average Bonchev–Trinajstić information content (AvgIpc) is 2.95. The zero-order valence-electron chi connectivity index (χ0n) is 10.9. The molecule has 0 amide bonds. The topological polar surface area (TPSA) is 45.5 Å². The predicted molar refractivity (Wildman–Crippen MR) is 71.9 cm³/mol. The molecule has 0 saturated carbocycles. The van der Waals surface area contributed by atoms with Crippen molar-refractivity contribution in [3.63, 3.8) is 0 Å². The molecule has 1 saturated heterocycles. The van der Waals surface area contributed by atoms with Gasteiger partial charge in [-0.15, -0.1) is 0 Å². The van der Waals surface area contributed by atoms with E-state index in [-0.39, 0.29) is 0 Å². The number of anilines is 1. The molecule has 96 valence electrons. The number of rotatable bonds is 3. The van der Waals surface area contributed by atoms with Gasteiger partial charge in [0, 0.05) is 31.9 Å². The highest BCUT2D eigenvalue weighted by Gasteiger charge is 2.33. The molecular weight excluding hydrogens is 226 g/mol. The van der Waals surface area contributed by atoms with Crippen LogP contribution in [0.15, 0.2) is 24.5 Å². The van der Waals surface area contributed by atoms with Crippen molar-refractivity contribution in [3.8, 4) is 0 Å². The number of hydrogen-bond acceptors (Lipinski definition) is 4. The molecule has 0 radical (unpaired) electrons. The Kier molecular flexibility index (Phi) is 2.70. The summed E-state index contributed by atoms with van der Waals surface area (Å²) in [5.41, 5.74) is 1.26. The number of aromatic nitrogens is 3. The van der Waals surface area contributed by atoms with E-state index in [1.165, 1.54) is 6.42 Å².